The first-order valence-electron chi connectivity index (χ1n) is 4.05. The first-order chi connectivity index (χ1) is 6.75. The number of rotatable bonds is 2. The van der Waals surface area contributed by atoms with E-state index in [-0.39, 0.29) is 0 Å². The van der Waals surface area contributed by atoms with Crippen LogP contribution in [0.4, 0.5) is 5.82 Å². The molecule has 2 aromatic rings. The molecule has 0 aromatic carbocycles. The van der Waals surface area contributed by atoms with Gasteiger partial charge in [0.25, 0.3) is 0 Å². The number of anilines is 1. The van der Waals surface area contributed by atoms with Crippen molar-refractivity contribution >= 4 is 33.1 Å². The predicted molar refractivity (Wildman–Crippen MR) is 61.3 cm³/mol. The number of nitrogen functional groups attached to an aromatic ring is 1. The zero-order chi connectivity index (χ0) is 9.97. The molecule has 72 valence electrons. The number of aromatic nitrogens is 2. The fraction of sp³-hybridized carbons (Fsp3) is 0.111. The SMILES string of the molecule is Nc1nnc(Cc2cccs2)cc1Br. The van der Waals surface area contributed by atoms with E-state index in [0.29, 0.717) is 5.82 Å². The lowest BCUT2D eigenvalue weighted by atomic mass is 10.2. The molecule has 0 saturated heterocycles. The molecule has 0 aliphatic carbocycles. The van der Waals surface area contributed by atoms with E-state index in [4.69, 9.17) is 5.73 Å². The standard InChI is InChI=1S/C9H8BrN3S/c10-8-5-6(12-13-9(8)11)4-7-2-1-3-14-7/h1-3,5H,4H2,(H2,11,13). The number of hydrogen-bond acceptors (Lipinski definition) is 4. The summed E-state index contributed by atoms with van der Waals surface area (Å²) in [6.45, 7) is 0. The van der Waals surface area contributed by atoms with Crippen molar-refractivity contribution in [1.82, 2.24) is 10.2 Å². The van der Waals surface area contributed by atoms with E-state index in [9.17, 15) is 0 Å². The summed E-state index contributed by atoms with van der Waals surface area (Å²) < 4.78 is 0.805. The Morgan fingerprint density at radius 3 is 2.93 bits per heavy atom. The Morgan fingerprint density at radius 1 is 1.43 bits per heavy atom. The smallest absolute Gasteiger partial charge is 0.160 e. The summed E-state index contributed by atoms with van der Waals surface area (Å²) >= 11 is 5.04. The van der Waals surface area contributed by atoms with Gasteiger partial charge in [0, 0.05) is 11.3 Å². The number of halogens is 1. The zero-order valence-corrected chi connectivity index (χ0v) is 9.68. The molecule has 2 N–H and O–H groups in total. The van der Waals surface area contributed by atoms with Crippen molar-refractivity contribution in [3.05, 3.63) is 38.6 Å². The van der Waals surface area contributed by atoms with Gasteiger partial charge >= 0.3 is 0 Å². The molecule has 3 nitrogen and oxygen atoms in total. The normalized spacial score (nSPS) is 10.4. The first-order valence-corrected chi connectivity index (χ1v) is 5.73. The summed E-state index contributed by atoms with van der Waals surface area (Å²) in [6, 6.07) is 6.01. The van der Waals surface area contributed by atoms with Gasteiger partial charge in [-0.05, 0) is 33.4 Å². The molecular formula is C9H8BrN3S. The van der Waals surface area contributed by atoms with Gasteiger partial charge in [0.05, 0.1) is 10.2 Å². The maximum atomic E-state index is 5.54. The Balaban J connectivity index is 2.22. The van der Waals surface area contributed by atoms with Gasteiger partial charge < -0.3 is 5.73 Å². The fourth-order valence-corrected chi connectivity index (χ4v) is 2.16. The van der Waals surface area contributed by atoms with Crippen molar-refractivity contribution in [2.24, 2.45) is 0 Å². The predicted octanol–water partition coefficient (Wildman–Crippen LogP) is 2.47. The summed E-state index contributed by atoms with van der Waals surface area (Å²) in [6.07, 6.45) is 0.809. The third-order valence-corrected chi connectivity index (χ3v) is 3.27. The van der Waals surface area contributed by atoms with E-state index in [1.165, 1.54) is 4.88 Å². The molecule has 0 spiro atoms. The molecule has 0 radical (unpaired) electrons. The molecule has 0 amide bonds. The van der Waals surface area contributed by atoms with E-state index in [0.717, 1.165) is 16.6 Å². The van der Waals surface area contributed by atoms with Crippen molar-refractivity contribution in [3.63, 3.8) is 0 Å². The van der Waals surface area contributed by atoms with Crippen LogP contribution in [0, 0.1) is 0 Å². The second kappa shape index (κ2) is 4.06. The van der Waals surface area contributed by atoms with Crippen LogP contribution in [-0.4, -0.2) is 10.2 Å². The van der Waals surface area contributed by atoms with Gasteiger partial charge in [0.15, 0.2) is 5.82 Å². The fourth-order valence-electron chi connectivity index (χ4n) is 1.09. The van der Waals surface area contributed by atoms with Crippen molar-refractivity contribution in [2.75, 3.05) is 5.73 Å². The molecule has 0 atom stereocenters. The number of nitrogens with zero attached hydrogens (tertiary/aromatic N) is 2. The van der Waals surface area contributed by atoms with Gasteiger partial charge in [0.1, 0.15) is 0 Å². The van der Waals surface area contributed by atoms with E-state index in [1.54, 1.807) is 11.3 Å². The third-order valence-electron chi connectivity index (χ3n) is 1.76. The minimum Gasteiger partial charge on any atom is -0.381 e. The van der Waals surface area contributed by atoms with Crippen molar-refractivity contribution in [1.29, 1.82) is 0 Å². The van der Waals surface area contributed by atoms with Crippen LogP contribution in [0.25, 0.3) is 0 Å². The second-order valence-electron chi connectivity index (χ2n) is 2.82. The summed E-state index contributed by atoms with van der Waals surface area (Å²) in [4.78, 5) is 1.27. The molecule has 5 heteroatoms. The van der Waals surface area contributed by atoms with Crippen LogP contribution >= 0.6 is 27.3 Å². The summed E-state index contributed by atoms with van der Waals surface area (Å²) in [5.41, 5.74) is 6.47. The Hall–Kier alpha value is -0.940. The van der Waals surface area contributed by atoms with Crippen LogP contribution in [-0.2, 0) is 6.42 Å². The highest BCUT2D eigenvalue weighted by atomic mass is 79.9. The topological polar surface area (TPSA) is 51.8 Å². The monoisotopic (exact) mass is 269 g/mol. The zero-order valence-electron chi connectivity index (χ0n) is 7.27. The molecule has 0 unspecified atom stereocenters. The maximum absolute atomic E-state index is 5.54. The van der Waals surface area contributed by atoms with Crippen LogP contribution in [0.1, 0.15) is 10.6 Å². The minimum absolute atomic E-state index is 0.430. The van der Waals surface area contributed by atoms with E-state index < -0.39 is 0 Å². The molecule has 2 aromatic heterocycles. The van der Waals surface area contributed by atoms with Crippen LogP contribution in [0.3, 0.4) is 0 Å². The number of nitrogens with two attached hydrogens (primary N) is 1. The van der Waals surface area contributed by atoms with E-state index in [1.807, 2.05) is 12.1 Å². The highest BCUT2D eigenvalue weighted by Crippen LogP contribution is 2.19. The van der Waals surface area contributed by atoms with Crippen LogP contribution in [0.15, 0.2) is 28.1 Å². The highest BCUT2D eigenvalue weighted by molar-refractivity contribution is 9.10. The van der Waals surface area contributed by atoms with Crippen molar-refractivity contribution < 1.29 is 0 Å². The average molecular weight is 270 g/mol. The van der Waals surface area contributed by atoms with Gasteiger partial charge in [-0.3, -0.25) is 0 Å². The van der Waals surface area contributed by atoms with Gasteiger partial charge in [-0.1, -0.05) is 6.07 Å². The van der Waals surface area contributed by atoms with Gasteiger partial charge in [0.2, 0.25) is 0 Å². The highest BCUT2D eigenvalue weighted by Gasteiger charge is 2.03. The van der Waals surface area contributed by atoms with E-state index in [2.05, 4.69) is 37.6 Å². The lowest BCUT2D eigenvalue weighted by Crippen LogP contribution is -1.98. The summed E-state index contributed by atoms with van der Waals surface area (Å²) in [5.74, 6) is 0.430. The summed E-state index contributed by atoms with van der Waals surface area (Å²) in [7, 11) is 0. The Kier molecular flexibility index (Phi) is 2.79. The third kappa shape index (κ3) is 2.10. The van der Waals surface area contributed by atoms with Crippen LogP contribution < -0.4 is 5.73 Å². The molecule has 2 heterocycles. The van der Waals surface area contributed by atoms with Gasteiger partial charge in [-0.15, -0.1) is 16.4 Å². The minimum atomic E-state index is 0.430. The number of hydrogen-bond donors (Lipinski definition) is 1. The Bertz CT molecular complexity index is 428. The lowest BCUT2D eigenvalue weighted by molar-refractivity contribution is 0.946. The van der Waals surface area contributed by atoms with Gasteiger partial charge in [-0.2, -0.15) is 5.10 Å². The number of thiophene rings is 1. The quantitative estimate of drug-likeness (QED) is 0.912. The lowest BCUT2D eigenvalue weighted by Gasteiger charge is -1.99. The van der Waals surface area contributed by atoms with Gasteiger partial charge in [-0.25, -0.2) is 0 Å². The summed E-state index contributed by atoms with van der Waals surface area (Å²) in [5, 5.41) is 9.91. The van der Waals surface area contributed by atoms with E-state index >= 15 is 0 Å². The molecular weight excluding hydrogens is 262 g/mol. The first kappa shape index (κ1) is 9.61. The molecule has 0 aliphatic heterocycles. The Morgan fingerprint density at radius 2 is 2.29 bits per heavy atom. The molecule has 0 aliphatic rings. The van der Waals surface area contributed by atoms with Crippen molar-refractivity contribution in [3.8, 4) is 0 Å². The molecule has 14 heavy (non-hydrogen) atoms. The Labute approximate surface area is 94.1 Å². The largest absolute Gasteiger partial charge is 0.381 e. The average Bonchev–Trinajstić information content (AvgIpc) is 2.64. The molecule has 0 fully saturated rings. The second-order valence-corrected chi connectivity index (χ2v) is 4.71. The molecule has 2 rings (SSSR count). The van der Waals surface area contributed by atoms with Crippen LogP contribution in [0.2, 0.25) is 0 Å². The van der Waals surface area contributed by atoms with Crippen molar-refractivity contribution in [2.45, 2.75) is 6.42 Å². The van der Waals surface area contributed by atoms with Crippen LogP contribution in [0.5, 0.6) is 0 Å². The maximum Gasteiger partial charge on any atom is 0.160 e. The molecule has 0 saturated carbocycles. The molecule has 0 bridgehead atoms.